The molecule has 0 saturated carbocycles. The minimum atomic E-state index is -0.705. The van der Waals surface area contributed by atoms with E-state index in [1.54, 1.807) is 27.2 Å². The minimum absolute atomic E-state index is 0.150. The van der Waals surface area contributed by atoms with Gasteiger partial charge in [0.2, 0.25) is 0 Å². The minimum Gasteiger partial charge on any atom is -0.497 e. The van der Waals surface area contributed by atoms with E-state index in [-0.39, 0.29) is 19.3 Å². The highest BCUT2D eigenvalue weighted by Gasteiger charge is 2.35. The summed E-state index contributed by atoms with van der Waals surface area (Å²) in [6.45, 7) is 2.04. The molecule has 24 heavy (non-hydrogen) atoms. The first kappa shape index (κ1) is 18.2. The summed E-state index contributed by atoms with van der Waals surface area (Å²) in [6.07, 6.45) is -0.908. The van der Waals surface area contributed by atoms with Crippen LogP contribution in [0.3, 0.4) is 0 Å². The molecule has 8 nitrogen and oxygen atoms in total. The summed E-state index contributed by atoms with van der Waals surface area (Å²) in [6, 6.07) is 3.20. The average Bonchev–Trinajstić information content (AvgIpc) is 2.90. The van der Waals surface area contributed by atoms with E-state index in [0.29, 0.717) is 17.9 Å². The van der Waals surface area contributed by atoms with Gasteiger partial charge in [-0.15, -0.1) is 0 Å². The SMILES string of the molecule is CCOC(=O)NN1C(=O)OC[C@H]1Cc1cc(OC)cc(OC)c1Br. The van der Waals surface area contributed by atoms with E-state index >= 15 is 0 Å². The number of cyclic esters (lactones) is 1. The zero-order valence-corrected chi connectivity index (χ0v) is 15.2. The predicted octanol–water partition coefficient (Wildman–Crippen LogP) is 2.49. The third kappa shape index (κ3) is 4.02. The molecule has 0 radical (unpaired) electrons. The van der Waals surface area contributed by atoms with Gasteiger partial charge in [-0.3, -0.25) is 0 Å². The summed E-state index contributed by atoms with van der Waals surface area (Å²) in [5.74, 6) is 1.24. The van der Waals surface area contributed by atoms with Crippen molar-refractivity contribution in [3.05, 3.63) is 22.2 Å². The molecular weight excluding hydrogens is 384 g/mol. The molecule has 1 aromatic carbocycles. The fourth-order valence-electron chi connectivity index (χ4n) is 2.31. The predicted molar refractivity (Wildman–Crippen MR) is 88.1 cm³/mol. The van der Waals surface area contributed by atoms with E-state index in [1.165, 1.54) is 0 Å². The van der Waals surface area contributed by atoms with Gasteiger partial charge in [0.1, 0.15) is 18.1 Å². The Balaban J connectivity index is 2.19. The number of hydrogen-bond donors (Lipinski definition) is 1. The molecule has 0 bridgehead atoms. The molecule has 9 heteroatoms. The van der Waals surface area contributed by atoms with Gasteiger partial charge in [-0.1, -0.05) is 0 Å². The van der Waals surface area contributed by atoms with E-state index in [4.69, 9.17) is 18.9 Å². The molecule has 1 heterocycles. The van der Waals surface area contributed by atoms with Crippen LogP contribution in [0, 0.1) is 0 Å². The van der Waals surface area contributed by atoms with Crippen molar-refractivity contribution in [2.45, 2.75) is 19.4 Å². The van der Waals surface area contributed by atoms with Crippen LogP contribution in [0.1, 0.15) is 12.5 Å². The Morgan fingerprint density at radius 2 is 2.17 bits per heavy atom. The number of nitrogens with zero attached hydrogens (tertiary/aromatic N) is 1. The number of nitrogens with one attached hydrogen (secondary N) is 1. The number of amides is 2. The van der Waals surface area contributed by atoms with Gasteiger partial charge >= 0.3 is 12.2 Å². The Kier molecular flexibility index (Phi) is 6.13. The second kappa shape index (κ2) is 8.09. The van der Waals surface area contributed by atoms with Gasteiger partial charge in [-0.25, -0.2) is 20.0 Å². The number of halogens is 1. The highest BCUT2D eigenvalue weighted by atomic mass is 79.9. The molecule has 1 N–H and O–H groups in total. The van der Waals surface area contributed by atoms with Crippen LogP contribution in [0.25, 0.3) is 0 Å². The first-order chi connectivity index (χ1) is 11.5. The zero-order chi connectivity index (χ0) is 17.7. The lowest BCUT2D eigenvalue weighted by Crippen LogP contribution is -2.48. The van der Waals surface area contributed by atoms with Gasteiger partial charge in [-0.05, 0) is 40.9 Å². The van der Waals surface area contributed by atoms with Crippen molar-refractivity contribution < 1.29 is 28.5 Å². The van der Waals surface area contributed by atoms with Crippen molar-refractivity contribution in [3.63, 3.8) is 0 Å². The van der Waals surface area contributed by atoms with Crippen LogP contribution in [0.2, 0.25) is 0 Å². The number of ether oxygens (including phenoxy) is 4. The zero-order valence-electron chi connectivity index (χ0n) is 13.6. The number of carbonyl (C=O) groups is 2. The quantitative estimate of drug-likeness (QED) is 0.786. The first-order valence-electron chi connectivity index (χ1n) is 7.29. The molecule has 0 aliphatic carbocycles. The van der Waals surface area contributed by atoms with Gasteiger partial charge in [0.15, 0.2) is 0 Å². The fourth-order valence-corrected chi connectivity index (χ4v) is 2.86. The van der Waals surface area contributed by atoms with Gasteiger partial charge in [0, 0.05) is 6.07 Å². The Bertz CT molecular complexity index is 624. The van der Waals surface area contributed by atoms with Crippen molar-refractivity contribution >= 4 is 28.1 Å². The highest BCUT2D eigenvalue weighted by molar-refractivity contribution is 9.10. The molecule has 2 amide bonds. The van der Waals surface area contributed by atoms with Crippen molar-refractivity contribution in [2.75, 3.05) is 27.4 Å². The number of carbonyl (C=O) groups excluding carboxylic acids is 2. The van der Waals surface area contributed by atoms with Crippen LogP contribution in [0.5, 0.6) is 11.5 Å². The maximum absolute atomic E-state index is 11.8. The molecule has 1 aliphatic rings. The molecule has 0 aromatic heterocycles. The number of methoxy groups -OCH3 is 2. The Morgan fingerprint density at radius 3 is 2.79 bits per heavy atom. The summed E-state index contributed by atoms with van der Waals surface area (Å²) < 4.78 is 21.1. The average molecular weight is 403 g/mol. The lowest BCUT2D eigenvalue weighted by molar-refractivity contribution is 0.107. The Labute approximate surface area is 148 Å². The number of rotatable bonds is 6. The van der Waals surface area contributed by atoms with Crippen LogP contribution in [-0.2, 0) is 15.9 Å². The third-order valence-electron chi connectivity index (χ3n) is 3.45. The standard InChI is InChI=1S/C15H19BrN2O6/c1-4-23-14(19)17-18-10(8-24-15(18)20)5-9-6-11(21-2)7-12(22-3)13(9)16/h6-7,10H,4-5,8H2,1-3H3,(H,17,19)/t10-/m1/s1. The maximum Gasteiger partial charge on any atom is 0.429 e. The lowest BCUT2D eigenvalue weighted by Gasteiger charge is -2.22. The molecule has 1 saturated heterocycles. The molecule has 1 aliphatic heterocycles. The summed E-state index contributed by atoms with van der Waals surface area (Å²) >= 11 is 3.49. The van der Waals surface area contributed by atoms with Crippen LogP contribution in [0.15, 0.2) is 16.6 Å². The van der Waals surface area contributed by atoms with E-state index in [2.05, 4.69) is 21.4 Å². The molecule has 0 spiro atoms. The molecular formula is C15H19BrN2O6. The summed E-state index contributed by atoms with van der Waals surface area (Å²) in [5.41, 5.74) is 3.25. The summed E-state index contributed by atoms with van der Waals surface area (Å²) in [7, 11) is 3.11. The second-order valence-corrected chi connectivity index (χ2v) is 5.73. The molecule has 0 unspecified atom stereocenters. The highest BCUT2D eigenvalue weighted by Crippen LogP contribution is 2.34. The molecule has 1 atom stereocenters. The lowest BCUT2D eigenvalue weighted by atomic mass is 10.1. The molecule has 132 valence electrons. The van der Waals surface area contributed by atoms with Gasteiger partial charge in [0.05, 0.1) is 31.3 Å². The van der Waals surface area contributed by atoms with E-state index in [0.717, 1.165) is 15.0 Å². The Morgan fingerprint density at radius 1 is 1.42 bits per heavy atom. The smallest absolute Gasteiger partial charge is 0.429 e. The van der Waals surface area contributed by atoms with E-state index in [9.17, 15) is 9.59 Å². The normalized spacial score (nSPS) is 16.6. The van der Waals surface area contributed by atoms with Crippen LogP contribution in [-0.4, -0.2) is 50.7 Å². The molecule has 2 rings (SSSR count). The fraction of sp³-hybridized carbons (Fsp3) is 0.467. The van der Waals surface area contributed by atoms with Gasteiger partial charge < -0.3 is 18.9 Å². The van der Waals surface area contributed by atoms with Crippen molar-refractivity contribution in [2.24, 2.45) is 0 Å². The third-order valence-corrected chi connectivity index (χ3v) is 4.35. The maximum atomic E-state index is 11.8. The number of hydrogen-bond acceptors (Lipinski definition) is 6. The van der Waals surface area contributed by atoms with Crippen LogP contribution < -0.4 is 14.9 Å². The topological polar surface area (TPSA) is 86.3 Å². The Hall–Kier alpha value is -2.16. The van der Waals surface area contributed by atoms with Crippen molar-refractivity contribution in [1.82, 2.24) is 10.4 Å². The van der Waals surface area contributed by atoms with Crippen molar-refractivity contribution in [1.29, 1.82) is 0 Å². The van der Waals surface area contributed by atoms with E-state index in [1.807, 2.05) is 6.07 Å². The van der Waals surface area contributed by atoms with Crippen LogP contribution in [0.4, 0.5) is 9.59 Å². The summed E-state index contributed by atoms with van der Waals surface area (Å²) in [4.78, 5) is 23.4. The number of benzene rings is 1. The number of hydrazine groups is 1. The van der Waals surface area contributed by atoms with Gasteiger partial charge in [-0.2, -0.15) is 0 Å². The van der Waals surface area contributed by atoms with Gasteiger partial charge in [0.25, 0.3) is 0 Å². The monoisotopic (exact) mass is 402 g/mol. The summed E-state index contributed by atoms with van der Waals surface area (Å²) in [5, 5.41) is 1.14. The first-order valence-corrected chi connectivity index (χ1v) is 8.09. The van der Waals surface area contributed by atoms with Crippen molar-refractivity contribution in [3.8, 4) is 11.5 Å². The van der Waals surface area contributed by atoms with Crippen LogP contribution >= 0.6 is 15.9 Å². The second-order valence-electron chi connectivity index (χ2n) is 4.94. The molecule has 1 aromatic rings. The van der Waals surface area contributed by atoms with E-state index < -0.39 is 12.2 Å². The molecule has 1 fully saturated rings. The largest absolute Gasteiger partial charge is 0.497 e.